The van der Waals surface area contributed by atoms with Crippen molar-refractivity contribution in [1.82, 2.24) is 0 Å². The predicted molar refractivity (Wildman–Crippen MR) is 52.9 cm³/mol. The molecule has 0 bridgehead atoms. The van der Waals surface area contributed by atoms with Gasteiger partial charge in [-0.25, -0.2) is 0 Å². The molecule has 2 rings (SSSR count). The molecule has 5 unspecified atom stereocenters. The van der Waals surface area contributed by atoms with Crippen LogP contribution in [-0.4, -0.2) is 0 Å². The summed E-state index contributed by atoms with van der Waals surface area (Å²) in [6.07, 6.45) is 1.49. The summed E-state index contributed by atoms with van der Waals surface area (Å²) in [5.74, 6) is 4.98. The number of hydrogen-bond acceptors (Lipinski definition) is 0. The van der Waals surface area contributed by atoms with Crippen molar-refractivity contribution in [3.05, 3.63) is 0 Å². The predicted octanol–water partition coefficient (Wildman–Crippen LogP) is 3.57. The summed E-state index contributed by atoms with van der Waals surface area (Å²) in [4.78, 5) is 0. The van der Waals surface area contributed by atoms with Gasteiger partial charge in [-0.2, -0.15) is 0 Å². The van der Waals surface area contributed by atoms with Gasteiger partial charge in [0, 0.05) is 0 Å². The molecule has 0 heteroatoms. The fourth-order valence-electron chi connectivity index (χ4n) is 5.00. The second-order valence-electron chi connectivity index (χ2n) is 5.84. The third-order valence-corrected chi connectivity index (χ3v) is 4.75. The Morgan fingerprint density at radius 1 is 1.25 bits per heavy atom. The summed E-state index contributed by atoms with van der Waals surface area (Å²) >= 11 is 0. The first-order chi connectivity index (χ1) is 5.48. The second-order valence-corrected chi connectivity index (χ2v) is 5.84. The first kappa shape index (κ1) is 8.59. The first-order valence-electron chi connectivity index (χ1n) is 5.48. The lowest BCUT2D eigenvalue weighted by molar-refractivity contribution is -0.235. The molecule has 0 saturated heterocycles. The van der Waals surface area contributed by atoms with Gasteiger partial charge in [0.1, 0.15) is 0 Å². The van der Waals surface area contributed by atoms with Crippen LogP contribution in [0.3, 0.4) is 0 Å². The van der Waals surface area contributed by atoms with E-state index in [-0.39, 0.29) is 0 Å². The molecule has 0 amide bonds. The number of hydrogen-bond donors (Lipinski definition) is 0. The minimum absolute atomic E-state index is 0.743. The largest absolute Gasteiger partial charge is 0.0625 e. The van der Waals surface area contributed by atoms with Gasteiger partial charge in [0.2, 0.25) is 0 Å². The highest BCUT2D eigenvalue weighted by Crippen LogP contribution is 2.71. The van der Waals surface area contributed by atoms with E-state index in [0.29, 0.717) is 0 Å². The van der Waals surface area contributed by atoms with E-state index in [4.69, 9.17) is 0 Å². The lowest BCUT2D eigenvalue weighted by Crippen LogP contribution is -2.66. The van der Waals surface area contributed by atoms with E-state index in [1.807, 2.05) is 0 Å². The van der Waals surface area contributed by atoms with E-state index in [0.717, 1.165) is 35.0 Å². The maximum absolute atomic E-state index is 2.52. The molecular weight excluding hydrogens is 144 g/mol. The lowest BCUT2D eigenvalue weighted by atomic mass is 9.33. The summed E-state index contributed by atoms with van der Waals surface area (Å²) in [7, 11) is 0. The van der Waals surface area contributed by atoms with E-state index < -0.39 is 0 Å². The van der Waals surface area contributed by atoms with Crippen LogP contribution >= 0.6 is 0 Å². The van der Waals surface area contributed by atoms with Crippen molar-refractivity contribution in [3.63, 3.8) is 0 Å². The Morgan fingerprint density at radius 2 is 1.83 bits per heavy atom. The van der Waals surface area contributed by atoms with Gasteiger partial charge < -0.3 is 0 Å². The van der Waals surface area contributed by atoms with Gasteiger partial charge in [-0.05, 0) is 41.4 Å². The highest BCUT2D eigenvalue weighted by molar-refractivity contribution is 5.13. The second kappa shape index (κ2) is 2.27. The van der Waals surface area contributed by atoms with Crippen LogP contribution in [0.1, 0.15) is 41.0 Å². The zero-order valence-electron chi connectivity index (χ0n) is 9.09. The van der Waals surface area contributed by atoms with Crippen molar-refractivity contribution >= 4 is 0 Å². The Bertz CT molecular complexity index is 194. The van der Waals surface area contributed by atoms with Crippen molar-refractivity contribution in [2.75, 3.05) is 0 Å². The quantitative estimate of drug-likeness (QED) is 0.558. The van der Waals surface area contributed by atoms with E-state index in [1.54, 1.807) is 0 Å². The zero-order valence-corrected chi connectivity index (χ0v) is 9.09. The van der Waals surface area contributed by atoms with Gasteiger partial charge in [0.15, 0.2) is 0 Å². The Hall–Kier alpha value is 0. The Balaban J connectivity index is 2.12. The highest BCUT2D eigenvalue weighted by atomic mass is 14.7. The molecule has 2 aliphatic carbocycles. The van der Waals surface area contributed by atoms with Crippen LogP contribution in [0.2, 0.25) is 0 Å². The van der Waals surface area contributed by atoms with E-state index in [9.17, 15) is 0 Å². The molecule has 2 saturated carbocycles. The maximum Gasteiger partial charge on any atom is -0.0256 e. The molecule has 0 radical (unpaired) electrons. The smallest absolute Gasteiger partial charge is 0.0256 e. The van der Waals surface area contributed by atoms with Crippen LogP contribution in [0.25, 0.3) is 0 Å². The van der Waals surface area contributed by atoms with Gasteiger partial charge in [-0.15, -0.1) is 0 Å². The average molecular weight is 166 g/mol. The van der Waals surface area contributed by atoms with Gasteiger partial charge in [0.05, 0.1) is 0 Å². The number of rotatable bonds is 1. The monoisotopic (exact) mass is 166 g/mol. The van der Waals surface area contributed by atoms with Crippen LogP contribution in [0, 0.1) is 35.0 Å². The van der Waals surface area contributed by atoms with Gasteiger partial charge in [-0.1, -0.05) is 34.6 Å². The van der Waals surface area contributed by atoms with E-state index >= 15 is 0 Å². The summed E-state index contributed by atoms with van der Waals surface area (Å²) < 4.78 is 0. The molecule has 2 fully saturated rings. The van der Waals surface area contributed by atoms with Crippen LogP contribution in [0.5, 0.6) is 0 Å². The molecule has 0 nitrogen and oxygen atoms in total. The topological polar surface area (TPSA) is 0 Å². The van der Waals surface area contributed by atoms with Crippen LogP contribution in [0.4, 0.5) is 0 Å². The molecule has 0 aromatic carbocycles. The van der Waals surface area contributed by atoms with Gasteiger partial charge >= 0.3 is 0 Å². The molecule has 0 heterocycles. The van der Waals surface area contributed by atoms with Crippen molar-refractivity contribution in [3.8, 4) is 0 Å². The molecule has 12 heavy (non-hydrogen) atoms. The van der Waals surface area contributed by atoms with Crippen molar-refractivity contribution in [2.45, 2.75) is 41.0 Å². The molecule has 70 valence electrons. The van der Waals surface area contributed by atoms with Gasteiger partial charge in [0.25, 0.3) is 0 Å². The third kappa shape index (κ3) is 0.744. The fourth-order valence-corrected chi connectivity index (χ4v) is 5.00. The molecule has 2 aliphatic rings. The molecule has 0 N–H and O–H groups in total. The lowest BCUT2D eigenvalue weighted by Gasteiger charge is -2.71. The van der Waals surface area contributed by atoms with Crippen LogP contribution < -0.4 is 0 Å². The SMILES string of the molecule is CC(C)C1C(C)C2C(C)CC12C. The molecule has 5 atom stereocenters. The minimum Gasteiger partial charge on any atom is -0.0625 e. The van der Waals surface area contributed by atoms with E-state index in [2.05, 4.69) is 34.6 Å². The highest BCUT2D eigenvalue weighted by Gasteiger charge is 2.65. The zero-order chi connectivity index (χ0) is 9.09. The molecule has 0 aromatic rings. The maximum atomic E-state index is 2.52. The molecule has 0 aromatic heterocycles. The van der Waals surface area contributed by atoms with Gasteiger partial charge in [-0.3, -0.25) is 0 Å². The number of fused-ring (bicyclic) bond motifs is 1. The molecule has 0 aliphatic heterocycles. The average Bonchev–Trinajstić information content (AvgIpc) is 1.83. The third-order valence-electron chi connectivity index (χ3n) is 4.75. The summed E-state index contributed by atoms with van der Waals surface area (Å²) in [6, 6.07) is 0. The summed E-state index contributed by atoms with van der Waals surface area (Å²) in [5.41, 5.74) is 0.743. The van der Waals surface area contributed by atoms with Crippen LogP contribution in [0.15, 0.2) is 0 Å². The molecular formula is C12H22. The normalized spacial score (nSPS) is 57.5. The minimum atomic E-state index is 0.743. The summed E-state index contributed by atoms with van der Waals surface area (Å²) in [5, 5.41) is 0. The Labute approximate surface area is 76.7 Å². The summed E-state index contributed by atoms with van der Waals surface area (Å²) in [6.45, 7) is 12.2. The van der Waals surface area contributed by atoms with Crippen LogP contribution in [-0.2, 0) is 0 Å². The standard InChI is InChI=1S/C12H22/c1-7(2)10-9(4)11-8(3)6-12(10,11)5/h7-11H,6H2,1-5H3. The first-order valence-corrected chi connectivity index (χ1v) is 5.48. The van der Waals surface area contributed by atoms with Crippen molar-refractivity contribution in [1.29, 1.82) is 0 Å². The van der Waals surface area contributed by atoms with Crippen molar-refractivity contribution < 1.29 is 0 Å². The van der Waals surface area contributed by atoms with Crippen molar-refractivity contribution in [2.24, 2.45) is 35.0 Å². The fraction of sp³-hybridized carbons (Fsp3) is 1.00. The Kier molecular flexibility index (Phi) is 1.63. The Morgan fingerprint density at radius 3 is 2.17 bits per heavy atom. The molecule has 0 spiro atoms. The van der Waals surface area contributed by atoms with E-state index in [1.165, 1.54) is 6.42 Å².